The monoisotopic (exact) mass is 474 g/mol. The normalized spacial score (nSPS) is 18.6. The van der Waals surface area contributed by atoms with Crippen LogP contribution in [0, 0.1) is 0 Å². The molecule has 0 atom stereocenters. The molecule has 0 unspecified atom stereocenters. The lowest BCUT2D eigenvalue weighted by molar-refractivity contribution is -0.0254. The summed E-state index contributed by atoms with van der Waals surface area (Å²) in [5, 5.41) is 11.9. The summed E-state index contributed by atoms with van der Waals surface area (Å²) in [6.07, 6.45) is 4.72. The van der Waals surface area contributed by atoms with E-state index in [0.717, 1.165) is 61.3 Å². The van der Waals surface area contributed by atoms with Crippen molar-refractivity contribution >= 4 is 17.2 Å². The van der Waals surface area contributed by atoms with E-state index in [1.165, 1.54) is 16.7 Å². The summed E-state index contributed by atoms with van der Waals surface area (Å²) in [4.78, 5) is 2.44. The molecule has 3 aromatic rings. The van der Waals surface area contributed by atoms with Gasteiger partial charge in [-0.25, -0.2) is 0 Å². The maximum Gasteiger partial charge on any atom is 0.127 e. The van der Waals surface area contributed by atoms with Crippen LogP contribution in [-0.2, 0) is 18.8 Å². The maximum absolute atomic E-state index is 11.2. The van der Waals surface area contributed by atoms with Gasteiger partial charge in [-0.2, -0.15) is 0 Å². The summed E-state index contributed by atoms with van der Waals surface area (Å²) in [6, 6.07) is 22.3. The SMILES string of the molecule is NCc1ccc2c(c1)C(=CCCN1CCC(O)(c3ccc(Cl)cc3)CC1)c1ccccc1CO2. The van der Waals surface area contributed by atoms with Crippen LogP contribution in [0.1, 0.15) is 47.1 Å². The number of fused-ring (bicyclic) bond motifs is 2. The van der Waals surface area contributed by atoms with Crippen molar-refractivity contribution in [2.24, 2.45) is 5.73 Å². The minimum Gasteiger partial charge on any atom is -0.488 e. The average Bonchev–Trinajstić information content (AvgIpc) is 3.02. The predicted molar refractivity (Wildman–Crippen MR) is 138 cm³/mol. The highest BCUT2D eigenvalue weighted by atomic mass is 35.5. The van der Waals surface area contributed by atoms with Gasteiger partial charge in [0, 0.05) is 36.8 Å². The lowest BCUT2D eigenvalue weighted by Crippen LogP contribution is -2.42. The predicted octanol–water partition coefficient (Wildman–Crippen LogP) is 5.50. The van der Waals surface area contributed by atoms with Crippen LogP contribution >= 0.6 is 11.6 Å². The molecule has 2 aliphatic heterocycles. The summed E-state index contributed by atoms with van der Waals surface area (Å²) in [5.41, 5.74) is 12.0. The molecular weight excluding hydrogens is 444 g/mol. The van der Waals surface area contributed by atoms with Crippen LogP contribution in [0.25, 0.3) is 5.57 Å². The van der Waals surface area contributed by atoms with Gasteiger partial charge in [0.15, 0.2) is 0 Å². The van der Waals surface area contributed by atoms with E-state index < -0.39 is 5.60 Å². The van der Waals surface area contributed by atoms with Gasteiger partial charge in [-0.1, -0.05) is 60.1 Å². The van der Waals surface area contributed by atoms with Gasteiger partial charge in [0.2, 0.25) is 0 Å². The largest absolute Gasteiger partial charge is 0.488 e. The molecule has 3 aromatic carbocycles. The molecule has 3 N–H and O–H groups in total. The van der Waals surface area contributed by atoms with Crippen LogP contribution in [0.5, 0.6) is 5.75 Å². The second kappa shape index (κ2) is 9.93. The standard InChI is InChI=1S/C29H31ClN2O2/c30-24-10-8-23(9-11-24)29(33)13-16-32(17-14-29)15-3-6-26-25-5-2-1-4-22(25)20-34-28-12-7-21(19-31)18-27(26)28/h1-2,4-12,18,33H,3,13-17,19-20,31H2. The third kappa shape index (κ3) is 4.77. The van der Waals surface area contributed by atoms with E-state index in [-0.39, 0.29) is 0 Å². The zero-order valence-corrected chi connectivity index (χ0v) is 20.1. The minimum atomic E-state index is -0.769. The van der Waals surface area contributed by atoms with Gasteiger partial charge in [-0.05, 0) is 71.4 Å². The number of nitrogens with zero attached hydrogens (tertiary/aromatic N) is 1. The molecule has 2 aliphatic rings. The van der Waals surface area contributed by atoms with Crippen molar-refractivity contribution in [1.82, 2.24) is 4.90 Å². The molecule has 4 nitrogen and oxygen atoms in total. The Labute approximate surface area is 206 Å². The third-order valence-corrected chi connectivity index (χ3v) is 7.37. The molecule has 1 fully saturated rings. The zero-order valence-electron chi connectivity index (χ0n) is 19.3. The Morgan fingerprint density at radius 2 is 1.76 bits per heavy atom. The third-order valence-electron chi connectivity index (χ3n) is 7.12. The number of halogens is 1. The summed E-state index contributed by atoms with van der Waals surface area (Å²) < 4.78 is 6.15. The smallest absolute Gasteiger partial charge is 0.127 e. The van der Waals surface area contributed by atoms with Gasteiger partial charge in [-0.3, -0.25) is 0 Å². The Kier molecular flexibility index (Phi) is 6.75. The number of aliphatic hydroxyl groups is 1. The number of hydrogen-bond donors (Lipinski definition) is 2. The Balaban J connectivity index is 1.31. The fraction of sp³-hybridized carbons (Fsp3) is 0.310. The van der Waals surface area contributed by atoms with Crippen molar-refractivity contribution < 1.29 is 9.84 Å². The second-order valence-corrected chi connectivity index (χ2v) is 9.70. The summed E-state index contributed by atoms with van der Waals surface area (Å²) in [6.45, 7) is 3.77. The maximum atomic E-state index is 11.2. The molecule has 0 amide bonds. The van der Waals surface area contributed by atoms with Crippen molar-refractivity contribution in [2.45, 2.75) is 38.0 Å². The summed E-state index contributed by atoms with van der Waals surface area (Å²) in [7, 11) is 0. The fourth-order valence-electron chi connectivity index (χ4n) is 5.06. The van der Waals surface area contributed by atoms with E-state index in [1.807, 2.05) is 36.4 Å². The highest BCUT2D eigenvalue weighted by Gasteiger charge is 2.33. The van der Waals surface area contributed by atoms with Crippen LogP contribution in [-0.4, -0.2) is 29.6 Å². The first-order valence-corrected chi connectivity index (χ1v) is 12.4. The second-order valence-electron chi connectivity index (χ2n) is 9.27. The molecule has 0 aromatic heterocycles. The van der Waals surface area contributed by atoms with Gasteiger partial charge < -0.3 is 20.5 Å². The van der Waals surface area contributed by atoms with Crippen molar-refractivity contribution in [3.8, 4) is 5.75 Å². The molecule has 0 radical (unpaired) electrons. The summed E-state index contributed by atoms with van der Waals surface area (Å²) in [5.74, 6) is 0.908. The van der Waals surface area contributed by atoms with Crippen LogP contribution in [0.2, 0.25) is 5.02 Å². The highest BCUT2D eigenvalue weighted by Crippen LogP contribution is 2.38. The van der Waals surface area contributed by atoms with E-state index in [9.17, 15) is 5.11 Å². The van der Waals surface area contributed by atoms with Gasteiger partial charge >= 0.3 is 0 Å². The van der Waals surface area contributed by atoms with Gasteiger partial charge in [0.05, 0.1) is 5.60 Å². The lowest BCUT2D eigenvalue weighted by Gasteiger charge is -2.38. The van der Waals surface area contributed by atoms with E-state index >= 15 is 0 Å². The number of hydrogen-bond acceptors (Lipinski definition) is 4. The van der Waals surface area contributed by atoms with E-state index in [2.05, 4.69) is 41.3 Å². The van der Waals surface area contributed by atoms with E-state index in [0.29, 0.717) is 18.2 Å². The molecule has 5 rings (SSSR count). The summed E-state index contributed by atoms with van der Waals surface area (Å²) >= 11 is 6.02. The van der Waals surface area contributed by atoms with Gasteiger partial charge in [0.25, 0.3) is 0 Å². The zero-order chi connectivity index (χ0) is 23.5. The Morgan fingerprint density at radius 1 is 1.00 bits per heavy atom. The van der Waals surface area contributed by atoms with Crippen molar-refractivity contribution in [2.75, 3.05) is 19.6 Å². The molecular formula is C29H31ClN2O2. The molecule has 0 saturated carbocycles. The number of benzene rings is 3. The first-order chi connectivity index (χ1) is 16.6. The van der Waals surface area contributed by atoms with Crippen molar-refractivity contribution in [3.05, 3.63) is 106 Å². The number of likely N-dealkylation sites (tertiary alicyclic amines) is 1. The lowest BCUT2D eigenvalue weighted by atomic mass is 9.84. The molecule has 34 heavy (non-hydrogen) atoms. The van der Waals surface area contributed by atoms with Gasteiger partial charge in [-0.15, -0.1) is 0 Å². The fourth-order valence-corrected chi connectivity index (χ4v) is 5.18. The van der Waals surface area contributed by atoms with Gasteiger partial charge in [0.1, 0.15) is 12.4 Å². The molecule has 0 spiro atoms. The van der Waals surface area contributed by atoms with Crippen LogP contribution in [0.4, 0.5) is 0 Å². The molecule has 176 valence electrons. The topological polar surface area (TPSA) is 58.7 Å². The van der Waals surface area contributed by atoms with Crippen molar-refractivity contribution in [3.63, 3.8) is 0 Å². The molecule has 0 bridgehead atoms. The Hall–Kier alpha value is -2.63. The number of nitrogens with two attached hydrogens (primary N) is 1. The highest BCUT2D eigenvalue weighted by molar-refractivity contribution is 6.30. The van der Waals surface area contributed by atoms with Crippen LogP contribution in [0.3, 0.4) is 0 Å². The van der Waals surface area contributed by atoms with Crippen molar-refractivity contribution in [1.29, 1.82) is 0 Å². The number of ether oxygens (including phenoxy) is 1. The quantitative estimate of drug-likeness (QED) is 0.513. The number of piperidine rings is 1. The first kappa shape index (κ1) is 23.1. The Bertz CT molecular complexity index is 1180. The molecule has 5 heteroatoms. The first-order valence-electron chi connectivity index (χ1n) is 12.0. The molecule has 1 saturated heterocycles. The minimum absolute atomic E-state index is 0.506. The average molecular weight is 475 g/mol. The number of rotatable bonds is 5. The van der Waals surface area contributed by atoms with Crippen LogP contribution < -0.4 is 10.5 Å². The Morgan fingerprint density at radius 3 is 2.53 bits per heavy atom. The van der Waals surface area contributed by atoms with E-state index in [4.69, 9.17) is 22.1 Å². The van der Waals surface area contributed by atoms with E-state index in [1.54, 1.807) is 0 Å². The van der Waals surface area contributed by atoms with Crippen LogP contribution in [0.15, 0.2) is 72.8 Å². The molecule has 0 aliphatic carbocycles. The molecule has 2 heterocycles.